The largest absolute Gasteiger partial charge is 0.417 e. The molecule has 2 atom stereocenters. The van der Waals surface area contributed by atoms with Crippen LogP contribution in [0.4, 0.5) is 36.6 Å². The molecule has 0 saturated carbocycles. The van der Waals surface area contributed by atoms with Gasteiger partial charge in [0.1, 0.15) is 17.5 Å². The molecule has 1 aromatic heterocycles. The van der Waals surface area contributed by atoms with Crippen LogP contribution in [0, 0.1) is 11.6 Å². The minimum Gasteiger partial charge on any atom is -0.350 e. The van der Waals surface area contributed by atoms with E-state index in [1.165, 1.54) is 10.6 Å². The van der Waals surface area contributed by atoms with Crippen LogP contribution < -0.4 is 10.6 Å². The third-order valence-corrected chi connectivity index (χ3v) is 10.4. The van der Waals surface area contributed by atoms with Gasteiger partial charge in [-0.15, -0.1) is 11.8 Å². The van der Waals surface area contributed by atoms with Gasteiger partial charge in [0.2, 0.25) is 5.91 Å². The second-order valence-corrected chi connectivity index (χ2v) is 13.3. The number of alkyl halides is 5. The number of hydrogen-bond donors (Lipinski definition) is 0. The number of thioether (sulfide) groups is 1. The number of anilines is 1. The van der Waals surface area contributed by atoms with Crippen molar-refractivity contribution in [2.45, 2.75) is 36.5 Å². The third kappa shape index (κ3) is 6.53. The first kappa shape index (κ1) is 34.2. The van der Waals surface area contributed by atoms with Crippen molar-refractivity contribution in [1.29, 1.82) is 0 Å². The van der Waals surface area contributed by atoms with E-state index >= 15 is 4.39 Å². The molecule has 16 heteroatoms. The van der Waals surface area contributed by atoms with Gasteiger partial charge in [-0.3, -0.25) is 19.2 Å². The lowest BCUT2D eigenvalue weighted by Gasteiger charge is -2.41. The Morgan fingerprint density at radius 1 is 1.08 bits per heavy atom. The summed E-state index contributed by atoms with van der Waals surface area (Å²) in [7, 11) is 0. The number of hydrogen-bond acceptors (Lipinski definition) is 7. The predicted octanol–water partition coefficient (Wildman–Crippen LogP) is 5.11. The van der Waals surface area contributed by atoms with Crippen LogP contribution in [0.1, 0.15) is 18.5 Å². The number of benzene rings is 2. The van der Waals surface area contributed by atoms with Crippen molar-refractivity contribution in [3.8, 4) is 11.1 Å². The van der Waals surface area contributed by atoms with E-state index in [1.807, 2.05) is 4.90 Å². The fourth-order valence-electron chi connectivity index (χ4n) is 6.88. The average molecular weight is 699 g/mol. The van der Waals surface area contributed by atoms with Gasteiger partial charge in [0.05, 0.1) is 23.7 Å². The number of carbonyl (C=O) groups is 1. The molecular formula is C32H33F7N6O2S. The van der Waals surface area contributed by atoms with Gasteiger partial charge < -0.3 is 9.80 Å². The van der Waals surface area contributed by atoms with Crippen LogP contribution in [0.5, 0.6) is 0 Å². The highest BCUT2D eigenvalue weighted by Crippen LogP contribution is 2.50. The number of nitrogens with zero attached hydrogens (tertiary/aromatic N) is 6. The van der Waals surface area contributed by atoms with E-state index in [1.54, 1.807) is 21.6 Å². The Morgan fingerprint density at radius 3 is 2.42 bits per heavy atom. The minimum atomic E-state index is -4.96. The Balaban J connectivity index is 1.52. The third-order valence-electron chi connectivity index (χ3n) is 9.15. The maximum atomic E-state index is 15.3. The van der Waals surface area contributed by atoms with Crippen molar-refractivity contribution in [2.75, 3.05) is 69.6 Å². The summed E-state index contributed by atoms with van der Waals surface area (Å²) in [4.78, 5) is 37.6. The molecule has 48 heavy (non-hydrogen) atoms. The summed E-state index contributed by atoms with van der Waals surface area (Å²) in [5.41, 5.74) is -2.65. The zero-order chi connectivity index (χ0) is 34.5. The lowest BCUT2D eigenvalue weighted by molar-refractivity contribution is -0.137. The average Bonchev–Trinajstić information content (AvgIpc) is 3.03. The van der Waals surface area contributed by atoms with Crippen LogP contribution in [0.15, 0.2) is 46.6 Å². The number of piperazine rings is 2. The van der Waals surface area contributed by atoms with E-state index in [0.717, 1.165) is 30.0 Å². The molecule has 3 aromatic rings. The first-order valence-electron chi connectivity index (χ1n) is 15.5. The van der Waals surface area contributed by atoms with Gasteiger partial charge in [0.25, 0.3) is 6.43 Å². The molecule has 3 aliphatic heterocycles. The van der Waals surface area contributed by atoms with Gasteiger partial charge >= 0.3 is 11.9 Å². The Hall–Kier alpha value is -3.63. The maximum Gasteiger partial charge on any atom is 0.417 e. The molecule has 2 fully saturated rings. The summed E-state index contributed by atoms with van der Waals surface area (Å²) in [6, 6.07) is 2.27. The Bertz CT molecular complexity index is 1790. The second kappa shape index (κ2) is 13.3. The van der Waals surface area contributed by atoms with E-state index in [9.17, 15) is 35.9 Å². The number of aromatic nitrogens is 2. The quantitative estimate of drug-likeness (QED) is 0.251. The topological polar surface area (TPSA) is 64.9 Å². The lowest BCUT2D eigenvalue weighted by Crippen LogP contribution is -2.54. The van der Waals surface area contributed by atoms with Crippen molar-refractivity contribution in [1.82, 2.24) is 24.3 Å². The smallest absolute Gasteiger partial charge is 0.350 e. The summed E-state index contributed by atoms with van der Waals surface area (Å²) in [6.45, 7) is 7.55. The van der Waals surface area contributed by atoms with Gasteiger partial charge in [0, 0.05) is 91.6 Å². The van der Waals surface area contributed by atoms with E-state index < -0.39 is 58.7 Å². The molecule has 2 saturated heterocycles. The summed E-state index contributed by atoms with van der Waals surface area (Å²) < 4.78 is 101. The van der Waals surface area contributed by atoms with Crippen molar-refractivity contribution in [3.05, 3.63) is 64.6 Å². The van der Waals surface area contributed by atoms with Gasteiger partial charge in [0.15, 0.2) is 0 Å². The van der Waals surface area contributed by atoms with Crippen molar-refractivity contribution >= 4 is 34.4 Å². The molecule has 0 unspecified atom stereocenters. The molecule has 6 rings (SSSR count). The minimum absolute atomic E-state index is 0.0178. The van der Waals surface area contributed by atoms with Crippen LogP contribution in [-0.4, -0.2) is 107 Å². The summed E-state index contributed by atoms with van der Waals surface area (Å²) in [5, 5.41) is 0.0393. The first-order valence-corrected chi connectivity index (χ1v) is 16.4. The number of halogens is 7. The van der Waals surface area contributed by atoms with Crippen LogP contribution in [0.2, 0.25) is 0 Å². The Morgan fingerprint density at radius 2 is 1.79 bits per heavy atom. The summed E-state index contributed by atoms with van der Waals surface area (Å²) in [6.07, 6.45) is -6.25. The van der Waals surface area contributed by atoms with E-state index in [0.29, 0.717) is 38.8 Å². The Kier molecular flexibility index (Phi) is 9.52. The van der Waals surface area contributed by atoms with Gasteiger partial charge in [-0.05, 0) is 31.2 Å². The van der Waals surface area contributed by atoms with Gasteiger partial charge in [-0.25, -0.2) is 22.4 Å². The SMILES string of the molecule is C=CC(=O)N1CCN(c2nc(=O)n3c4c(c(-c5ccc(F)cc5F)c(C(F)(F)F)cc24)SC[C@@H]3CN2CCN(CC(F)F)CC2)[C@@H](C)C1. The molecule has 258 valence electrons. The summed E-state index contributed by atoms with van der Waals surface area (Å²) >= 11 is 1.06. The zero-order valence-corrected chi connectivity index (χ0v) is 26.8. The fourth-order valence-corrected chi connectivity index (χ4v) is 8.20. The lowest BCUT2D eigenvalue weighted by atomic mass is 9.95. The van der Waals surface area contributed by atoms with Crippen LogP contribution in [0.25, 0.3) is 22.0 Å². The van der Waals surface area contributed by atoms with E-state index in [2.05, 4.69) is 11.6 Å². The zero-order valence-electron chi connectivity index (χ0n) is 26.0. The number of amides is 1. The molecular weight excluding hydrogens is 665 g/mol. The molecule has 0 aliphatic carbocycles. The van der Waals surface area contributed by atoms with E-state index in [-0.39, 0.29) is 59.5 Å². The van der Waals surface area contributed by atoms with Crippen molar-refractivity contribution < 1.29 is 35.5 Å². The van der Waals surface area contributed by atoms with Crippen molar-refractivity contribution in [3.63, 3.8) is 0 Å². The molecule has 0 bridgehead atoms. The molecule has 4 heterocycles. The number of rotatable bonds is 7. The second-order valence-electron chi connectivity index (χ2n) is 12.2. The van der Waals surface area contributed by atoms with Crippen LogP contribution in [-0.2, 0) is 11.0 Å². The summed E-state index contributed by atoms with van der Waals surface area (Å²) in [5.74, 6) is -2.27. The maximum absolute atomic E-state index is 15.3. The predicted molar refractivity (Wildman–Crippen MR) is 169 cm³/mol. The molecule has 8 nitrogen and oxygen atoms in total. The highest BCUT2D eigenvalue weighted by Gasteiger charge is 2.41. The van der Waals surface area contributed by atoms with Gasteiger partial charge in [-0.2, -0.15) is 18.2 Å². The highest BCUT2D eigenvalue weighted by atomic mass is 32.2. The Labute approximate surface area is 275 Å². The van der Waals surface area contributed by atoms with E-state index in [4.69, 9.17) is 0 Å². The van der Waals surface area contributed by atoms with Crippen LogP contribution >= 0.6 is 11.8 Å². The number of carbonyl (C=O) groups excluding carboxylic acids is 1. The molecule has 0 spiro atoms. The molecule has 3 aliphatic rings. The standard InChI is InChI=1S/C32H33F7N6O2S/c1-3-26(46)43-10-11-44(18(2)14-43)30-22-13-23(32(37,38)39)27(21-5-4-19(33)12-24(21)34)29-28(22)45(31(47)40-30)20(17-48-29)15-41-6-8-42(9-7-41)16-25(35)36/h3-5,12-13,18,20,25H,1,6-11,14-17H2,2H3/t18-,20-/m0/s1. The molecule has 0 N–H and O–H groups in total. The monoisotopic (exact) mass is 698 g/mol. The molecule has 0 radical (unpaired) electrons. The highest BCUT2D eigenvalue weighted by molar-refractivity contribution is 7.99. The van der Waals surface area contributed by atoms with Crippen molar-refractivity contribution in [2.24, 2.45) is 0 Å². The van der Waals surface area contributed by atoms with Crippen LogP contribution in [0.3, 0.4) is 0 Å². The normalized spacial score (nSPS) is 20.9. The fraction of sp³-hybridized carbons (Fsp3) is 0.469. The first-order chi connectivity index (χ1) is 22.8. The molecule has 1 amide bonds. The van der Waals surface area contributed by atoms with Gasteiger partial charge in [-0.1, -0.05) is 6.58 Å². The molecule has 2 aromatic carbocycles.